The van der Waals surface area contributed by atoms with Gasteiger partial charge in [0.15, 0.2) is 0 Å². The van der Waals surface area contributed by atoms with Crippen LogP contribution in [0.4, 0.5) is 0 Å². The summed E-state index contributed by atoms with van der Waals surface area (Å²) < 4.78 is 0. The molecule has 0 saturated carbocycles. The van der Waals surface area contributed by atoms with Crippen molar-refractivity contribution in [1.29, 1.82) is 0 Å². The Balaban J connectivity index is 0.00000220. The van der Waals surface area contributed by atoms with Crippen molar-refractivity contribution in [3.05, 3.63) is 0 Å². The summed E-state index contributed by atoms with van der Waals surface area (Å²) in [5, 5.41) is 15.7. The lowest BCUT2D eigenvalue weighted by molar-refractivity contribution is 0.529. The summed E-state index contributed by atoms with van der Waals surface area (Å²) in [6.45, 7) is 11.8. The quantitative estimate of drug-likeness (QED) is 0.764. The van der Waals surface area contributed by atoms with E-state index in [1.165, 1.54) is 0 Å². The van der Waals surface area contributed by atoms with E-state index in [1.54, 1.807) is 0 Å². The van der Waals surface area contributed by atoms with E-state index in [1.807, 2.05) is 27.7 Å². The van der Waals surface area contributed by atoms with Crippen molar-refractivity contribution in [3.63, 3.8) is 0 Å². The summed E-state index contributed by atoms with van der Waals surface area (Å²) in [5.41, 5.74) is -0.820. The molecule has 0 bridgehead atoms. The van der Waals surface area contributed by atoms with Gasteiger partial charge in [-0.15, -0.1) is 24.8 Å². The highest BCUT2D eigenvalue weighted by Crippen LogP contribution is 2.19. The van der Waals surface area contributed by atoms with Gasteiger partial charge in [0.2, 0.25) is 0 Å². The van der Waals surface area contributed by atoms with Crippen molar-refractivity contribution >= 4 is 36.5 Å². The number of nitrogens with one attached hydrogen (secondary N) is 2. The van der Waals surface area contributed by atoms with Crippen LogP contribution in [0.1, 0.15) is 40.5 Å². The first-order valence-electron chi connectivity index (χ1n) is 7.43. The molecule has 0 spiro atoms. The molecule has 0 atom stereocenters. The van der Waals surface area contributed by atoms with Gasteiger partial charge in [0.1, 0.15) is 22.7 Å². The Morgan fingerprint density at radius 1 is 0.773 bits per heavy atom. The zero-order valence-corrected chi connectivity index (χ0v) is 15.5. The first kappa shape index (κ1) is 21.1. The molecule has 128 valence electrons. The summed E-state index contributed by atoms with van der Waals surface area (Å²) in [7, 11) is 0. The van der Waals surface area contributed by atoms with Crippen LogP contribution in [0.5, 0.6) is 0 Å². The van der Waals surface area contributed by atoms with E-state index in [9.17, 15) is 0 Å². The van der Waals surface area contributed by atoms with Crippen LogP contribution in [0.2, 0.25) is 0 Å². The molecule has 2 heterocycles. The number of hydrogen-bond acceptors (Lipinski definition) is 6. The van der Waals surface area contributed by atoms with E-state index >= 15 is 0 Å². The fourth-order valence-corrected chi connectivity index (χ4v) is 2.23. The zero-order valence-electron chi connectivity index (χ0n) is 13.8. The molecular weight excluding hydrogens is 323 g/mol. The Labute approximate surface area is 145 Å². The van der Waals surface area contributed by atoms with Crippen molar-refractivity contribution in [2.24, 2.45) is 20.2 Å². The Bertz CT molecular complexity index is 403. The van der Waals surface area contributed by atoms with E-state index in [2.05, 4.69) is 30.8 Å². The number of aliphatic imine (C=N–C) groups is 2. The predicted molar refractivity (Wildman–Crippen MR) is 97.4 cm³/mol. The van der Waals surface area contributed by atoms with Gasteiger partial charge in [0, 0.05) is 26.2 Å². The summed E-state index contributed by atoms with van der Waals surface area (Å²) in [5.74, 6) is 1.86. The van der Waals surface area contributed by atoms with Gasteiger partial charge in [-0.25, -0.2) is 0 Å². The molecule has 0 unspecified atom stereocenters. The molecule has 2 aliphatic rings. The molecule has 0 fully saturated rings. The minimum Gasteiger partial charge on any atom is -0.372 e. The first-order chi connectivity index (χ1) is 9.42. The Hall–Kier alpha value is -0.880. The molecule has 2 N–H and O–H groups in total. The number of nitrogens with zero attached hydrogens (tertiary/aromatic N) is 4. The van der Waals surface area contributed by atoms with Crippen LogP contribution in [-0.4, -0.2) is 48.9 Å². The minimum absolute atomic E-state index is 0. The second-order valence-corrected chi connectivity index (χ2v) is 6.34. The van der Waals surface area contributed by atoms with Crippen molar-refractivity contribution < 1.29 is 0 Å². The number of halogens is 2. The summed E-state index contributed by atoms with van der Waals surface area (Å²) in [6.07, 6.45) is 2.17. The third kappa shape index (κ3) is 5.39. The SMILES string of the molecule is CC(C)(N=NC(C)(C)C1=NCCCN1)C1=NCCCN1.Cl.Cl. The van der Waals surface area contributed by atoms with Crippen molar-refractivity contribution in [2.75, 3.05) is 26.2 Å². The van der Waals surface area contributed by atoms with Gasteiger partial charge in [-0.3, -0.25) is 9.98 Å². The van der Waals surface area contributed by atoms with Gasteiger partial charge in [0.25, 0.3) is 0 Å². The maximum atomic E-state index is 4.54. The van der Waals surface area contributed by atoms with E-state index in [0.717, 1.165) is 50.7 Å². The van der Waals surface area contributed by atoms with E-state index in [0.29, 0.717) is 0 Å². The zero-order chi connectivity index (χ0) is 14.6. The minimum atomic E-state index is -0.410. The maximum Gasteiger partial charge on any atom is 0.133 e. The first-order valence-corrected chi connectivity index (χ1v) is 7.43. The second-order valence-electron chi connectivity index (χ2n) is 6.34. The third-order valence-electron chi connectivity index (χ3n) is 3.50. The number of hydrogen-bond donors (Lipinski definition) is 2. The Morgan fingerprint density at radius 3 is 1.41 bits per heavy atom. The largest absolute Gasteiger partial charge is 0.372 e. The Morgan fingerprint density at radius 2 is 1.14 bits per heavy atom. The molecule has 2 aliphatic heterocycles. The normalized spacial score (nSPS) is 19.1. The van der Waals surface area contributed by atoms with Gasteiger partial charge in [0.05, 0.1) is 0 Å². The molecule has 0 aromatic rings. The van der Waals surface area contributed by atoms with Crippen LogP contribution in [0.15, 0.2) is 20.2 Å². The van der Waals surface area contributed by atoms with E-state index in [-0.39, 0.29) is 24.8 Å². The van der Waals surface area contributed by atoms with Crippen LogP contribution < -0.4 is 10.6 Å². The van der Waals surface area contributed by atoms with Gasteiger partial charge < -0.3 is 10.6 Å². The monoisotopic (exact) mass is 350 g/mol. The predicted octanol–water partition coefficient (Wildman–Crippen LogP) is 2.62. The number of azo groups is 1. The number of rotatable bonds is 4. The fourth-order valence-electron chi connectivity index (χ4n) is 2.23. The Kier molecular flexibility index (Phi) is 8.33. The van der Waals surface area contributed by atoms with Gasteiger partial charge >= 0.3 is 0 Å². The molecule has 0 aromatic heterocycles. The fraction of sp³-hybridized carbons (Fsp3) is 0.857. The lowest BCUT2D eigenvalue weighted by Crippen LogP contribution is -2.46. The van der Waals surface area contributed by atoms with Crippen molar-refractivity contribution in [2.45, 2.75) is 51.6 Å². The van der Waals surface area contributed by atoms with Crippen LogP contribution in [-0.2, 0) is 0 Å². The highest BCUT2D eigenvalue weighted by molar-refractivity contribution is 5.92. The lowest BCUT2D eigenvalue weighted by atomic mass is 10.0. The summed E-state index contributed by atoms with van der Waals surface area (Å²) in [6, 6.07) is 0. The molecule has 0 amide bonds. The molecule has 2 rings (SSSR count). The van der Waals surface area contributed by atoms with Crippen LogP contribution in [0, 0.1) is 0 Å². The molecule has 6 nitrogen and oxygen atoms in total. The second kappa shape index (κ2) is 8.67. The number of amidine groups is 2. The van der Waals surface area contributed by atoms with Crippen LogP contribution in [0.25, 0.3) is 0 Å². The lowest BCUT2D eigenvalue weighted by Gasteiger charge is -2.29. The molecular formula is C14H28Cl2N6. The van der Waals surface area contributed by atoms with Gasteiger partial charge in [-0.05, 0) is 40.5 Å². The summed E-state index contributed by atoms with van der Waals surface area (Å²) >= 11 is 0. The molecule has 0 aromatic carbocycles. The standard InChI is InChI=1S/C14H26N6.2ClH/c1-13(2,11-15-7-5-8-16-11)19-20-14(3,4)12-17-9-6-10-18-12;;/h5-10H2,1-4H3,(H,15,16)(H,17,18);2*1H. The molecule has 22 heavy (non-hydrogen) atoms. The summed E-state index contributed by atoms with van der Waals surface area (Å²) in [4.78, 5) is 9.04. The molecule has 0 aliphatic carbocycles. The van der Waals surface area contributed by atoms with Crippen LogP contribution >= 0.6 is 24.8 Å². The topological polar surface area (TPSA) is 73.5 Å². The van der Waals surface area contributed by atoms with E-state index in [4.69, 9.17) is 0 Å². The smallest absolute Gasteiger partial charge is 0.133 e. The molecule has 0 radical (unpaired) electrons. The third-order valence-corrected chi connectivity index (χ3v) is 3.50. The average Bonchev–Trinajstić information content (AvgIpc) is 2.47. The highest BCUT2D eigenvalue weighted by atomic mass is 35.5. The van der Waals surface area contributed by atoms with Crippen molar-refractivity contribution in [1.82, 2.24) is 10.6 Å². The van der Waals surface area contributed by atoms with Gasteiger partial charge in [-0.2, -0.15) is 10.2 Å². The average molecular weight is 351 g/mol. The van der Waals surface area contributed by atoms with Gasteiger partial charge in [-0.1, -0.05) is 0 Å². The highest BCUT2D eigenvalue weighted by Gasteiger charge is 2.30. The van der Waals surface area contributed by atoms with Crippen molar-refractivity contribution in [3.8, 4) is 0 Å². The van der Waals surface area contributed by atoms with Crippen LogP contribution in [0.3, 0.4) is 0 Å². The molecule has 0 saturated heterocycles. The molecule has 8 heteroatoms. The van der Waals surface area contributed by atoms with E-state index < -0.39 is 11.1 Å². The maximum absolute atomic E-state index is 4.54.